The average molecular weight is 265 g/mol. The highest BCUT2D eigenvalue weighted by Gasteiger charge is 2.21. The fraction of sp³-hybridized carbons (Fsp3) is 0.600. The number of hydrogen-bond acceptors (Lipinski definition) is 3. The summed E-state index contributed by atoms with van der Waals surface area (Å²) in [6.07, 6.45) is 1.24. The van der Waals surface area contributed by atoms with Gasteiger partial charge in [0, 0.05) is 32.4 Å². The summed E-state index contributed by atoms with van der Waals surface area (Å²) in [6.45, 7) is 4.01. The van der Waals surface area contributed by atoms with Crippen LogP contribution >= 0.6 is 0 Å². The topological polar surface area (TPSA) is 18.5 Å². The molecule has 1 aromatic rings. The molecule has 1 N–H and O–H groups in total. The van der Waals surface area contributed by atoms with E-state index in [9.17, 15) is 4.39 Å². The Hall–Kier alpha value is -1.13. The van der Waals surface area contributed by atoms with Crippen molar-refractivity contribution in [3.05, 3.63) is 29.6 Å². The quantitative estimate of drug-likeness (QED) is 0.877. The summed E-state index contributed by atoms with van der Waals surface area (Å²) >= 11 is 0. The van der Waals surface area contributed by atoms with Crippen molar-refractivity contribution < 1.29 is 4.39 Å². The van der Waals surface area contributed by atoms with E-state index in [1.165, 1.54) is 13.0 Å². The van der Waals surface area contributed by atoms with Gasteiger partial charge >= 0.3 is 0 Å². The number of likely N-dealkylation sites (tertiary alicyclic amines) is 1. The van der Waals surface area contributed by atoms with Crippen molar-refractivity contribution in [3.8, 4) is 0 Å². The molecule has 2 rings (SSSR count). The highest BCUT2D eigenvalue weighted by molar-refractivity contribution is 5.48. The lowest BCUT2D eigenvalue weighted by Crippen LogP contribution is -2.27. The molecular weight excluding hydrogens is 241 g/mol. The lowest BCUT2D eigenvalue weighted by Gasteiger charge is -2.24. The molecule has 3 nitrogen and oxygen atoms in total. The van der Waals surface area contributed by atoms with Crippen LogP contribution < -0.4 is 10.2 Å². The summed E-state index contributed by atoms with van der Waals surface area (Å²) in [6, 6.07) is 5.28. The van der Waals surface area contributed by atoms with Crippen LogP contribution in [0.4, 0.5) is 10.1 Å². The zero-order valence-corrected chi connectivity index (χ0v) is 12.1. The number of benzene rings is 1. The molecule has 1 heterocycles. The van der Waals surface area contributed by atoms with Crippen molar-refractivity contribution in [2.75, 3.05) is 45.7 Å². The molecule has 1 unspecified atom stereocenters. The van der Waals surface area contributed by atoms with Gasteiger partial charge in [-0.25, -0.2) is 4.39 Å². The summed E-state index contributed by atoms with van der Waals surface area (Å²) < 4.78 is 13.6. The predicted molar refractivity (Wildman–Crippen MR) is 78.0 cm³/mol. The molecule has 1 aliphatic rings. The normalized spacial score (nSPS) is 19.9. The van der Waals surface area contributed by atoms with Gasteiger partial charge in [0.1, 0.15) is 5.82 Å². The monoisotopic (exact) mass is 265 g/mol. The molecule has 1 saturated heterocycles. The van der Waals surface area contributed by atoms with E-state index >= 15 is 0 Å². The number of nitrogens with one attached hydrogen (secondary N) is 1. The second-order valence-electron chi connectivity index (χ2n) is 5.65. The van der Waals surface area contributed by atoms with Crippen molar-refractivity contribution in [1.29, 1.82) is 0 Å². The van der Waals surface area contributed by atoms with E-state index < -0.39 is 0 Å². The Morgan fingerprint density at radius 1 is 1.42 bits per heavy atom. The summed E-state index contributed by atoms with van der Waals surface area (Å²) in [4.78, 5) is 4.53. The Kier molecular flexibility index (Phi) is 4.77. The maximum absolute atomic E-state index is 13.6. The fourth-order valence-electron chi connectivity index (χ4n) is 2.83. The molecule has 1 aliphatic heterocycles. The van der Waals surface area contributed by atoms with Gasteiger partial charge in [0.15, 0.2) is 0 Å². The number of nitrogens with zero attached hydrogens (tertiary/aromatic N) is 2. The minimum Gasteiger partial charge on any atom is -0.374 e. The lowest BCUT2D eigenvalue weighted by molar-refractivity contribution is 0.396. The summed E-state index contributed by atoms with van der Waals surface area (Å²) in [7, 11) is 6.09. The van der Waals surface area contributed by atoms with Crippen LogP contribution in [0.3, 0.4) is 0 Å². The number of halogens is 1. The molecule has 19 heavy (non-hydrogen) atoms. The third-order valence-corrected chi connectivity index (χ3v) is 3.79. The van der Waals surface area contributed by atoms with Gasteiger partial charge in [-0.05, 0) is 56.7 Å². The molecule has 0 aliphatic carbocycles. The van der Waals surface area contributed by atoms with Gasteiger partial charge in [-0.3, -0.25) is 0 Å². The van der Waals surface area contributed by atoms with Gasteiger partial charge in [-0.15, -0.1) is 0 Å². The van der Waals surface area contributed by atoms with Crippen LogP contribution in [0.25, 0.3) is 0 Å². The number of rotatable bonds is 5. The van der Waals surface area contributed by atoms with Crippen LogP contribution in [-0.2, 0) is 6.54 Å². The Morgan fingerprint density at radius 2 is 2.21 bits per heavy atom. The number of anilines is 1. The van der Waals surface area contributed by atoms with Crippen molar-refractivity contribution in [1.82, 2.24) is 10.2 Å². The molecule has 0 saturated carbocycles. The Balaban J connectivity index is 2.03. The standard InChI is InChI=1S/C15H24FN3/c1-17-9-13-6-14(16)8-15(7-13)19(3)11-12-4-5-18(2)10-12/h6-8,12,17H,4-5,9-11H2,1-3H3. The van der Waals surface area contributed by atoms with Crippen LogP contribution in [0, 0.1) is 11.7 Å². The zero-order valence-electron chi connectivity index (χ0n) is 12.1. The van der Waals surface area contributed by atoms with Crippen LogP contribution in [-0.4, -0.2) is 45.7 Å². The molecule has 0 amide bonds. The van der Waals surface area contributed by atoms with Crippen LogP contribution in [0.1, 0.15) is 12.0 Å². The van der Waals surface area contributed by atoms with Crippen molar-refractivity contribution in [2.24, 2.45) is 5.92 Å². The maximum Gasteiger partial charge on any atom is 0.125 e. The number of hydrogen-bond donors (Lipinski definition) is 1. The first kappa shape index (κ1) is 14.3. The van der Waals surface area contributed by atoms with Gasteiger partial charge in [0.05, 0.1) is 0 Å². The highest BCUT2D eigenvalue weighted by Crippen LogP contribution is 2.21. The molecule has 0 aromatic heterocycles. The van der Waals surface area contributed by atoms with E-state index in [2.05, 4.69) is 35.3 Å². The maximum atomic E-state index is 13.6. The summed E-state index contributed by atoms with van der Waals surface area (Å²) in [5.74, 6) is 0.532. The van der Waals surface area contributed by atoms with Gasteiger partial charge in [-0.2, -0.15) is 0 Å². The molecule has 4 heteroatoms. The summed E-state index contributed by atoms with van der Waals surface area (Å²) in [5.41, 5.74) is 1.97. The van der Waals surface area contributed by atoms with E-state index in [-0.39, 0.29) is 5.82 Å². The van der Waals surface area contributed by atoms with E-state index in [1.807, 2.05) is 7.05 Å². The molecule has 1 fully saturated rings. The third kappa shape index (κ3) is 3.91. The third-order valence-electron chi connectivity index (χ3n) is 3.79. The minimum absolute atomic E-state index is 0.155. The molecular formula is C15H24FN3. The van der Waals surface area contributed by atoms with Crippen molar-refractivity contribution in [3.63, 3.8) is 0 Å². The molecule has 106 valence electrons. The molecule has 0 spiro atoms. The Bertz CT molecular complexity index is 422. The minimum atomic E-state index is -0.155. The van der Waals surface area contributed by atoms with E-state index in [0.717, 1.165) is 24.3 Å². The van der Waals surface area contributed by atoms with Crippen LogP contribution in [0.5, 0.6) is 0 Å². The first-order valence-electron chi connectivity index (χ1n) is 6.92. The molecule has 1 atom stereocenters. The predicted octanol–water partition coefficient (Wildman–Crippen LogP) is 1.93. The van der Waals surface area contributed by atoms with Gasteiger partial charge < -0.3 is 15.1 Å². The molecule has 0 radical (unpaired) electrons. The van der Waals surface area contributed by atoms with E-state index in [4.69, 9.17) is 0 Å². The van der Waals surface area contributed by atoms with E-state index in [1.54, 1.807) is 12.1 Å². The first-order valence-corrected chi connectivity index (χ1v) is 6.92. The van der Waals surface area contributed by atoms with Gasteiger partial charge in [0.25, 0.3) is 0 Å². The van der Waals surface area contributed by atoms with Gasteiger partial charge in [0.2, 0.25) is 0 Å². The average Bonchev–Trinajstić information content (AvgIpc) is 2.74. The molecule has 1 aromatic carbocycles. The lowest BCUT2D eigenvalue weighted by atomic mass is 10.1. The van der Waals surface area contributed by atoms with Crippen molar-refractivity contribution in [2.45, 2.75) is 13.0 Å². The van der Waals surface area contributed by atoms with Crippen LogP contribution in [0.15, 0.2) is 18.2 Å². The SMILES string of the molecule is CNCc1cc(F)cc(N(C)CC2CCN(C)C2)c1. The van der Waals surface area contributed by atoms with Gasteiger partial charge in [-0.1, -0.05) is 0 Å². The zero-order chi connectivity index (χ0) is 13.8. The smallest absolute Gasteiger partial charge is 0.125 e. The second kappa shape index (κ2) is 6.35. The fourth-order valence-corrected chi connectivity index (χ4v) is 2.83. The molecule has 0 bridgehead atoms. The highest BCUT2D eigenvalue weighted by atomic mass is 19.1. The van der Waals surface area contributed by atoms with E-state index in [0.29, 0.717) is 12.5 Å². The summed E-state index contributed by atoms with van der Waals surface area (Å²) in [5, 5.41) is 3.06. The first-order chi connectivity index (χ1) is 9.08. The Morgan fingerprint density at radius 3 is 2.84 bits per heavy atom. The second-order valence-corrected chi connectivity index (χ2v) is 5.65. The van der Waals surface area contributed by atoms with Crippen molar-refractivity contribution >= 4 is 5.69 Å². The van der Waals surface area contributed by atoms with Crippen LogP contribution in [0.2, 0.25) is 0 Å². The Labute approximate surface area is 115 Å². The largest absolute Gasteiger partial charge is 0.374 e.